The van der Waals surface area contributed by atoms with E-state index in [9.17, 15) is 0 Å². The third kappa shape index (κ3) is 1.61. The van der Waals surface area contributed by atoms with Crippen LogP contribution in [0.2, 0.25) is 0 Å². The van der Waals surface area contributed by atoms with Gasteiger partial charge in [0.2, 0.25) is 0 Å². The van der Waals surface area contributed by atoms with E-state index in [4.69, 9.17) is 0 Å². The predicted molar refractivity (Wildman–Crippen MR) is 67.9 cm³/mol. The van der Waals surface area contributed by atoms with E-state index in [0.717, 1.165) is 0 Å². The molecule has 1 nitrogen and oxygen atoms in total. The number of rotatable bonds is 0. The first kappa shape index (κ1) is 9.22. The van der Waals surface area contributed by atoms with Crippen molar-refractivity contribution in [2.45, 2.75) is 6.04 Å². The van der Waals surface area contributed by atoms with Crippen LogP contribution in [0.5, 0.6) is 0 Å². The molecule has 2 aliphatic rings. The van der Waals surface area contributed by atoms with Gasteiger partial charge in [-0.2, -0.15) is 0 Å². The highest BCUT2D eigenvalue weighted by molar-refractivity contribution is 5.51. The van der Waals surface area contributed by atoms with Gasteiger partial charge in [-0.25, -0.2) is 0 Å². The third-order valence-electron chi connectivity index (χ3n) is 2.93. The van der Waals surface area contributed by atoms with Gasteiger partial charge in [-0.3, -0.25) is 0 Å². The topological polar surface area (TPSA) is 12.0 Å². The van der Waals surface area contributed by atoms with Crippen LogP contribution in [-0.4, -0.2) is 6.04 Å². The Morgan fingerprint density at radius 3 is 2.75 bits per heavy atom. The lowest BCUT2D eigenvalue weighted by molar-refractivity contribution is 0.839. The van der Waals surface area contributed by atoms with E-state index in [1.165, 1.54) is 16.0 Å². The Balaban J connectivity index is 2.19. The van der Waals surface area contributed by atoms with Crippen LogP contribution in [0, 0.1) is 0 Å². The van der Waals surface area contributed by atoms with E-state index in [1.54, 1.807) is 0 Å². The molecule has 0 bridgehead atoms. The quantitative estimate of drug-likeness (QED) is 0.674. The summed E-state index contributed by atoms with van der Waals surface area (Å²) in [6.45, 7) is 0. The van der Waals surface area contributed by atoms with Crippen LogP contribution in [0.15, 0.2) is 60.2 Å². The fraction of sp³-hybridized carbons (Fsp3) is 0.0667. The van der Waals surface area contributed by atoms with Gasteiger partial charge in [0.25, 0.3) is 0 Å². The fourth-order valence-corrected chi connectivity index (χ4v) is 2.03. The van der Waals surface area contributed by atoms with Gasteiger partial charge < -0.3 is 5.32 Å². The molecule has 0 fully saturated rings. The Morgan fingerprint density at radius 1 is 0.938 bits per heavy atom. The van der Waals surface area contributed by atoms with Gasteiger partial charge in [0.15, 0.2) is 0 Å². The van der Waals surface area contributed by atoms with Crippen molar-refractivity contribution in [1.82, 2.24) is 5.32 Å². The Labute approximate surface area is 94.8 Å². The molecule has 0 saturated carbocycles. The molecule has 16 heavy (non-hydrogen) atoms. The van der Waals surface area contributed by atoms with Crippen molar-refractivity contribution >= 4 is 12.3 Å². The van der Waals surface area contributed by atoms with Gasteiger partial charge in [-0.1, -0.05) is 60.7 Å². The number of allylic oxidation sites excluding steroid dienone is 3. The number of benzene rings is 1. The summed E-state index contributed by atoms with van der Waals surface area (Å²) in [6.07, 6.45) is 14.9. The molecule has 1 unspecified atom stereocenters. The zero-order chi connectivity index (χ0) is 10.8. The van der Waals surface area contributed by atoms with Crippen molar-refractivity contribution < 1.29 is 0 Å². The molecule has 0 spiro atoms. The van der Waals surface area contributed by atoms with Crippen LogP contribution < -0.4 is 15.8 Å². The van der Waals surface area contributed by atoms with Gasteiger partial charge in [0, 0.05) is 6.20 Å². The molecule has 3 rings (SSSR count). The van der Waals surface area contributed by atoms with Gasteiger partial charge in [0.05, 0.1) is 6.04 Å². The number of nitrogens with one attached hydrogen (secondary N) is 1. The molecule has 1 atom stereocenters. The fourth-order valence-electron chi connectivity index (χ4n) is 2.03. The first-order chi connectivity index (χ1) is 7.93. The Kier molecular flexibility index (Phi) is 2.22. The van der Waals surface area contributed by atoms with Crippen molar-refractivity contribution in [1.29, 1.82) is 0 Å². The summed E-state index contributed by atoms with van der Waals surface area (Å²) < 4.78 is 0. The zero-order valence-electron chi connectivity index (χ0n) is 8.93. The van der Waals surface area contributed by atoms with Crippen LogP contribution in [0.3, 0.4) is 0 Å². The minimum Gasteiger partial charge on any atom is -0.380 e. The normalized spacial score (nSPS) is 28.8. The SMILES string of the molecule is C1=C/C2=C/C=c3/cccc/c3=C/NC2C=C1. The lowest BCUT2D eigenvalue weighted by Gasteiger charge is -2.18. The molecule has 0 saturated heterocycles. The molecule has 1 aromatic carbocycles. The maximum Gasteiger partial charge on any atom is 0.0695 e. The smallest absolute Gasteiger partial charge is 0.0695 e. The average molecular weight is 207 g/mol. The van der Waals surface area contributed by atoms with E-state index in [1.807, 2.05) is 0 Å². The van der Waals surface area contributed by atoms with Gasteiger partial charge in [-0.15, -0.1) is 0 Å². The van der Waals surface area contributed by atoms with Crippen LogP contribution in [0.25, 0.3) is 12.3 Å². The summed E-state index contributed by atoms with van der Waals surface area (Å²) in [5, 5.41) is 5.92. The van der Waals surface area contributed by atoms with Crippen LogP contribution in [0.4, 0.5) is 0 Å². The van der Waals surface area contributed by atoms with Gasteiger partial charge >= 0.3 is 0 Å². The van der Waals surface area contributed by atoms with E-state index >= 15 is 0 Å². The van der Waals surface area contributed by atoms with Crippen LogP contribution in [0.1, 0.15) is 0 Å². The molecule has 0 amide bonds. The molecule has 1 aliphatic carbocycles. The standard InChI is InChI=1S/C15H13N/c1-2-7-14-11-16-15-8-4-3-6-13(15)10-9-12(14)5-1/h1-11,15-16H/b12-9-,13-10-,14-11-. The van der Waals surface area contributed by atoms with Crippen LogP contribution >= 0.6 is 0 Å². The summed E-state index contributed by atoms with van der Waals surface area (Å²) in [5.41, 5.74) is 1.30. The minimum absolute atomic E-state index is 0.301. The van der Waals surface area contributed by atoms with Crippen LogP contribution in [-0.2, 0) is 0 Å². The maximum absolute atomic E-state index is 3.43. The summed E-state index contributed by atoms with van der Waals surface area (Å²) in [6, 6.07) is 8.69. The second-order valence-corrected chi connectivity index (χ2v) is 3.99. The minimum atomic E-state index is 0.301. The lowest BCUT2D eigenvalue weighted by Crippen LogP contribution is -2.33. The highest BCUT2D eigenvalue weighted by atomic mass is 14.9. The molecule has 0 radical (unpaired) electrons. The Bertz CT molecular complexity index is 603. The van der Waals surface area contributed by atoms with Crippen molar-refractivity contribution in [2.75, 3.05) is 0 Å². The van der Waals surface area contributed by atoms with Gasteiger partial charge in [-0.05, 0) is 16.0 Å². The molecule has 1 aliphatic heterocycles. The number of hydrogen-bond acceptors (Lipinski definition) is 1. The molecular weight excluding hydrogens is 194 g/mol. The highest BCUT2D eigenvalue weighted by Gasteiger charge is 2.08. The molecule has 1 aromatic rings. The Morgan fingerprint density at radius 2 is 1.81 bits per heavy atom. The van der Waals surface area contributed by atoms with Crippen molar-refractivity contribution in [3.63, 3.8) is 0 Å². The lowest BCUT2D eigenvalue weighted by atomic mass is 10.0. The summed E-state index contributed by atoms with van der Waals surface area (Å²) in [7, 11) is 0. The summed E-state index contributed by atoms with van der Waals surface area (Å²) in [4.78, 5) is 0. The van der Waals surface area contributed by atoms with E-state index in [0.29, 0.717) is 6.04 Å². The van der Waals surface area contributed by atoms with Crippen molar-refractivity contribution in [3.8, 4) is 0 Å². The number of fused-ring (bicyclic) bond motifs is 2. The van der Waals surface area contributed by atoms with Gasteiger partial charge in [0.1, 0.15) is 0 Å². The highest BCUT2D eigenvalue weighted by Crippen LogP contribution is 2.11. The largest absolute Gasteiger partial charge is 0.380 e. The molecule has 78 valence electrons. The Hall–Kier alpha value is -2.02. The molecule has 1 heterocycles. The first-order valence-electron chi connectivity index (χ1n) is 5.51. The number of hydrogen-bond donors (Lipinski definition) is 1. The summed E-state index contributed by atoms with van der Waals surface area (Å²) in [5.74, 6) is 0. The third-order valence-corrected chi connectivity index (χ3v) is 2.93. The average Bonchev–Trinajstić information content (AvgIpc) is 2.32. The van der Waals surface area contributed by atoms with E-state index in [2.05, 4.69) is 72.2 Å². The summed E-state index contributed by atoms with van der Waals surface area (Å²) >= 11 is 0. The monoisotopic (exact) mass is 207 g/mol. The second kappa shape index (κ2) is 3.86. The van der Waals surface area contributed by atoms with E-state index < -0.39 is 0 Å². The predicted octanol–water partition coefficient (Wildman–Crippen LogP) is 1.23. The molecule has 0 aromatic heterocycles. The van der Waals surface area contributed by atoms with E-state index in [-0.39, 0.29) is 0 Å². The molecule has 1 heteroatoms. The molecule has 1 N–H and O–H groups in total. The second-order valence-electron chi connectivity index (χ2n) is 3.99. The zero-order valence-corrected chi connectivity index (χ0v) is 8.93. The maximum atomic E-state index is 3.43. The van der Waals surface area contributed by atoms with Crippen molar-refractivity contribution in [3.05, 3.63) is 70.7 Å². The molecular formula is C15H13N. The van der Waals surface area contributed by atoms with Crippen molar-refractivity contribution in [2.24, 2.45) is 0 Å². The first-order valence-corrected chi connectivity index (χ1v) is 5.51.